The van der Waals surface area contributed by atoms with E-state index in [1.807, 2.05) is 42.1 Å². The molecule has 1 atom stereocenters. The molecular weight excluding hydrogens is 276 g/mol. The quantitative estimate of drug-likeness (QED) is 0.832. The Morgan fingerprint density at radius 1 is 1.36 bits per heavy atom. The minimum absolute atomic E-state index is 0.0221. The molecule has 1 saturated heterocycles. The van der Waals surface area contributed by atoms with Crippen molar-refractivity contribution in [3.63, 3.8) is 0 Å². The van der Waals surface area contributed by atoms with Crippen LogP contribution in [0.5, 0.6) is 0 Å². The van der Waals surface area contributed by atoms with Gasteiger partial charge in [-0.05, 0) is 50.3 Å². The highest BCUT2D eigenvalue weighted by Gasteiger charge is 2.15. The maximum Gasteiger partial charge on any atom is 0.251 e. The van der Waals surface area contributed by atoms with E-state index >= 15 is 0 Å². The number of fused-ring (bicyclic) bond motifs is 1. The average molecular weight is 300 g/mol. The predicted molar refractivity (Wildman–Crippen MR) is 88.1 cm³/mol. The molecule has 1 amide bonds. The van der Waals surface area contributed by atoms with E-state index in [4.69, 9.17) is 4.74 Å². The normalized spacial score (nSPS) is 18.0. The van der Waals surface area contributed by atoms with Crippen molar-refractivity contribution in [3.05, 3.63) is 36.0 Å². The molecule has 2 heterocycles. The molecule has 1 aliphatic heterocycles. The van der Waals surface area contributed by atoms with E-state index in [1.165, 1.54) is 12.8 Å². The number of hydrogen-bond donors (Lipinski definition) is 1. The molecule has 0 radical (unpaired) electrons. The summed E-state index contributed by atoms with van der Waals surface area (Å²) >= 11 is 0. The van der Waals surface area contributed by atoms with Crippen LogP contribution in [0.1, 0.15) is 42.5 Å². The average Bonchev–Trinajstić information content (AvgIpc) is 3.17. The monoisotopic (exact) mass is 300 g/mol. The van der Waals surface area contributed by atoms with Gasteiger partial charge < -0.3 is 14.6 Å². The van der Waals surface area contributed by atoms with Crippen LogP contribution in [0.25, 0.3) is 10.9 Å². The lowest BCUT2D eigenvalue weighted by Crippen LogP contribution is -2.24. The summed E-state index contributed by atoms with van der Waals surface area (Å²) in [5.41, 5.74) is 1.85. The summed E-state index contributed by atoms with van der Waals surface area (Å²) in [7, 11) is 2.00. The number of nitrogens with zero attached hydrogens (tertiary/aromatic N) is 1. The third-order valence-electron chi connectivity index (χ3n) is 4.43. The summed E-state index contributed by atoms with van der Waals surface area (Å²) in [5, 5.41) is 4.05. The topological polar surface area (TPSA) is 43.3 Å². The van der Waals surface area contributed by atoms with Gasteiger partial charge in [-0.25, -0.2) is 0 Å². The van der Waals surface area contributed by atoms with Gasteiger partial charge in [0.05, 0.1) is 6.10 Å². The van der Waals surface area contributed by atoms with Crippen molar-refractivity contribution >= 4 is 16.8 Å². The van der Waals surface area contributed by atoms with Crippen molar-refractivity contribution in [1.29, 1.82) is 0 Å². The second-order valence-corrected chi connectivity index (χ2v) is 6.05. The fourth-order valence-corrected chi connectivity index (χ4v) is 3.17. The van der Waals surface area contributed by atoms with E-state index < -0.39 is 0 Å². The first-order chi connectivity index (χ1) is 10.8. The van der Waals surface area contributed by atoms with E-state index in [-0.39, 0.29) is 5.91 Å². The number of carbonyl (C=O) groups excluding carboxylic acids is 1. The van der Waals surface area contributed by atoms with Gasteiger partial charge >= 0.3 is 0 Å². The third-order valence-corrected chi connectivity index (χ3v) is 4.43. The van der Waals surface area contributed by atoms with Crippen LogP contribution in [0.2, 0.25) is 0 Å². The van der Waals surface area contributed by atoms with Crippen LogP contribution in [0.15, 0.2) is 30.5 Å². The molecule has 22 heavy (non-hydrogen) atoms. The first-order valence-electron chi connectivity index (χ1n) is 8.19. The second-order valence-electron chi connectivity index (χ2n) is 6.05. The van der Waals surface area contributed by atoms with Crippen LogP contribution in [-0.4, -0.2) is 29.7 Å². The zero-order chi connectivity index (χ0) is 15.4. The second kappa shape index (κ2) is 6.97. The molecule has 2 aromatic rings. The maximum atomic E-state index is 12.3. The molecule has 0 spiro atoms. The van der Waals surface area contributed by atoms with E-state index in [0.717, 1.165) is 48.9 Å². The van der Waals surface area contributed by atoms with Gasteiger partial charge in [-0.15, -0.1) is 0 Å². The van der Waals surface area contributed by atoms with Crippen molar-refractivity contribution in [2.75, 3.05) is 13.2 Å². The van der Waals surface area contributed by atoms with Crippen LogP contribution in [0.3, 0.4) is 0 Å². The highest BCUT2D eigenvalue weighted by Crippen LogP contribution is 2.20. The number of carbonyl (C=O) groups is 1. The summed E-state index contributed by atoms with van der Waals surface area (Å²) < 4.78 is 7.65. The van der Waals surface area contributed by atoms with Crippen molar-refractivity contribution in [2.45, 2.75) is 38.2 Å². The molecule has 4 heteroatoms. The fourth-order valence-electron chi connectivity index (χ4n) is 3.17. The number of hydrogen-bond acceptors (Lipinski definition) is 2. The number of amides is 1. The number of nitrogens with one attached hydrogen (secondary N) is 1. The SMILES string of the molecule is Cn1ccc2c(C(=O)NCCCC[C@@H]3CCCO3)cccc21. The van der Waals surface area contributed by atoms with E-state index in [0.29, 0.717) is 6.10 Å². The van der Waals surface area contributed by atoms with Crippen LogP contribution in [0, 0.1) is 0 Å². The summed E-state index contributed by atoms with van der Waals surface area (Å²) in [4.78, 5) is 12.3. The Balaban J connectivity index is 1.48. The van der Waals surface area contributed by atoms with Crippen LogP contribution in [0.4, 0.5) is 0 Å². The molecule has 1 aromatic heterocycles. The van der Waals surface area contributed by atoms with E-state index in [9.17, 15) is 4.79 Å². The number of aromatic nitrogens is 1. The summed E-state index contributed by atoms with van der Waals surface area (Å²) in [5.74, 6) is 0.0221. The van der Waals surface area contributed by atoms with E-state index in [1.54, 1.807) is 0 Å². The predicted octanol–water partition coefficient (Wildman–Crippen LogP) is 3.26. The number of aryl methyl sites for hydroxylation is 1. The van der Waals surface area contributed by atoms with Gasteiger partial charge in [0, 0.05) is 42.9 Å². The number of benzene rings is 1. The lowest BCUT2D eigenvalue weighted by molar-refractivity contribution is 0.0948. The minimum atomic E-state index is 0.0221. The Bertz CT molecular complexity index is 642. The Hall–Kier alpha value is -1.81. The van der Waals surface area contributed by atoms with Crippen molar-refractivity contribution in [1.82, 2.24) is 9.88 Å². The smallest absolute Gasteiger partial charge is 0.251 e. The van der Waals surface area contributed by atoms with Gasteiger partial charge in [0.1, 0.15) is 0 Å². The molecule has 1 aromatic carbocycles. The molecular formula is C18H24N2O2. The molecule has 3 rings (SSSR count). The molecule has 1 N–H and O–H groups in total. The Labute approximate surface area is 131 Å². The van der Waals surface area contributed by atoms with Gasteiger partial charge in [-0.3, -0.25) is 4.79 Å². The Morgan fingerprint density at radius 2 is 2.27 bits per heavy atom. The zero-order valence-corrected chi connectivity index (χ0v) is 13.2. The standard InChI is InChI=1S/C18H24N2O2/c1-20-12-10-15-16(8-4-9-17(15)20)18(21)19-11-3-2-6-14-7-5-13-22-14/h4,8-10,12,14H,2-3,5-7,11,13H2,1H3,(H,19,21)/t14-/m1/s1. The van der Waals surface area contributed by atoms with E-state index in [2.05, 4.69) is 5.32 Å². The molecule has 0 aliphatic carbocycles. The van der Waals surface area contributed by atoms with Gasteiger partial charge in [0.25, 0.3) is 5.91 Å². The fraction of sp³-hybridized carbons (Fsp3) is 0.500. The first-order valence-corrected chi connectivity index (χ1v) is 8.19. The summed E-state index contributed by atoms with van der Waals surface area (Å²) in [6.07, 6.45) is 8.07. The lowest BCUT2D eigenvalue weighted by Gasteiger charge is -2.09. The zero-order valence-electron chi connectivity index (χ0n) is 13.2. The molecule has 0 unspecified atom stereocenters. The highest BCUT2D eigenvalue weighted by molar-refractivity contribution is 6.06. The maximum absolute atomic E-state index is 12.3. The summed E-state index contributed by atoms with van der Waals surface area (Å²) in [6.45, 7) is 1.65. The van der Waals surface area contributed by atoms with Crippen molar-refractivity contribution in [3.8, 4) is 0 Å². The number of rotatable bonds is 6. The molecule has 1 fully saturated rings. The van der Waals surface area contributed by atoms with Crippen LogP contribution >= 0.6 is 0 Å². The highest BCUT2D eigenvalue weighted by atomic mass is 16.5. The Kier molecular flexibility index (Phi) is 4.78. The molecule has 118 valence electrons. The molecule has 0 bridgehead atoms. The first kappa shape index (κ1) is 15.1. The minimum Gasteiger partial charge on any atom is -0.378 e. The number of ether oxygens (including phenoxy) is 1. The lowest BCUT2D eigenvalue weighted by atomic mass is 10.1. The molecule has 4 nitrogen and oxygen atoms in total. The van der Waals surface area contributed by atoms with Gasteiger partial charge in [0.15, 0.2) is 0 Å². The Morgan fingerprint density at radius 3 is 3.09 bits per heavy atom. The number of unbranched alkanes of at least 4 members (excludes halogenated alkanes) is 1. The van der Waals surface area contributed by atoms with Crippen molar-refractivity contribution < 1.29 is 9.53 Å². The van der Waals surface area contributed by atoms with Crippen molar-refractivity contribution in [2.24, 2.45) is 7.05 Å². The third kappa shape index (κ3) is 3.33. The summed E-state index contributed by atoms with van der Waals surface area (Å²) in [6, 6.07) is 7.87. The van der Waals surface area contributed by atoms with Gasteiger partial charge in [-0.2, -0.15) is 0 Å². The van der Waals surface area contributed by atoms with Crippen LogP contribution < -0.4 is 5.32 Å². The van der Waals surface area contributed by atoms with Gasteiger partial charge in [-0.1, -0.05) is 6.07 Å². The largest absolute Gasteiger partial charge is 0.378 e. The van der Waals surface area contributed by atoms with Gasteiger partial charge in [0.2, 0.25) is 0 Å². The molecule has 1 aliphatic rings. The van der Waals surface area contributed by atoms with Crippen LogP contribution in [-0.2, 0) is 11.8 Å². The molecule has 0 saturated carbocycles.